The molecule has 1 atom stereocenters. The number of nitrogens with one attached hydrogen (secondary N) is 1. The highest BCUT2D eigenvalue weighted by atomic mass is 16.4. The highest BCUT2D eigenvalue weighted by molar-refractivity contribution is 5.69. The Bertz CT molecular complexity index is 483. The SMILES string of the molecule is CCN(CC(=O)O)C1CC(NC(C)Cc2ccc(O)cc2)C1. The molecule has 1 fully saturated rings. The van der Waals surface area contributed by atoms with Gasteiger partial charge in [-0.05, 0) is 50.4 Å². The van der Waals surface area contributed by atoms with Gasteiger partial charge in [-0.1, -0.05) is 19.1 Å². The highest BCUT2D eigenvalue weighted by Crippen LogP contribution is 2.26. The van der Waals surface area contributed by atoms with E-state index in [-0.39, 0.29) is 6.54 Å². The number of rotatable bonds is 8. The lowest BCUT2D eigenvalue weighted by Crippen LogP contribution is -2.55. The Morgan fingerprint density at radius 1 is 1.36 bits per heavy atom. The van der Waals surface area contributed by atoms with Crippen molar-refractivity contribution >= 4 is 5.97 Å². The van der Waals surface area contributed by atoms with Gasteiger partial charge in [0.1, 0.15) is 5.75 Å². The molecule has 0 amide bonds. The Hall–Kier alpha value is -1.59. The average Bonchev–Trinajstić information content (AvgIpc) is 2.42. The predicted molar refractivity (Wildman–Crippen MR) is 86.1 cm³/mol. The van der Waals surface area contributed by atoms with Gasteiger partial charge in [-0.25, -0.2) is 0 Å². The zero-order valence-corrected chi connectivity index (χ0v) is 13.3. The zero-order chi connectivity index (χ0) is 16.1. The fraction of sp³-hybridized carbons (Fsp3) is 0.588. The van der Waals surface area contributed by atoms with Crippen LogP contribution in [-0.4, -0.2) is 52.3 Å². The van der Waals surface area contributed by atoms with E-state index < -0.39 is 5.97 Å². The van der Waals surface area contributed by atoms with Crippen molar-refractivity contribution in [3.8, 4) is 5.75 Å². The Morgan fingerprint density at radius 2 is 2.00 bits per heavy atom. The van der Waals surface area contributed by atoms with Crippen molar-refractivity contribution in [3.63, 3.8) is 0 Å². The van der Waals surface area contributed by atoms with Crippen molar-refractivity contribution in [1.82, 2.24) is 10.2 Å². The lowest BCUT2D eigenvalue weighted by Gasteiger charge is -2.43. The van der Waals surface area contributed by atoms with Crippen LogP contribution in [0.1, 0.15) is 32.3 Å². The van der Waals surface area contributed by atoms with E-state index in [1.54, 1.807) is 12.1 Å². The molecule has 0 aromatic heterocycles. The Kier molecular flexibility index (Phi) is 5.80. The van der Waals surface area contributed by atoms with Gasteiger partial charge in [0.15, 0.2) is 0 Å². The number of phenolic OH excluding ortho intramolecular Hbond substituents is 1. The molecule has 1 aromatic rings. The van der Waals surface area contributed by atoms with Gasteiger partial charge in [0.25, 0.3) is 0 Å². The molecule has 0 aliphatic heterocycles. The lowest BCUT2D eigenvalue weighted by atomic mass is 9.84. The minimum absolute atomic E-state index is 0.136. The number of hydrogen-bond acceptors (Lipinski definition) is 4. The summed E-state index contributed by atoms with van der Waals surface area (Å²) < 4.78 is 0. The van der Waals surface area contributed by atoms with Gasteiger partial charge in [-0.2, -0.15) is 0 Å². The highest BCUT2D eigenvalue weighted by Gasteiger charge is 2.34. The molecule has 22 heavy (non-hydrogen) atoms. The van der Waals surface area contributed by atoms with Gasteiger partial charge < -0.3 is 15.5 Å². The largest absolute Gasteiger partial charge is 0.508 e. The van der Waals surface area contributed by atoms with E-state index in [1.807, 2.05) is 24.0 Å². The summed E-state index contributed by atoms with van der Waals surface area (Å²) >= 11 is 0. The molecular weight excluding hydrogens is 280 g/mol. The Labute approximate surface area is 131 Å². The number of aromatic hydroxyl groups is 1. The van der Waals surface area contributed by atoms with Crippen LogP contribution in [0.3, 0.4) is 0 Å². The molecule has 0 saturated heterocycles. The molecule has 3 N–H and O–H groups in total. The summed E-state index contributed by atoms with van der Waals surface area (Å²) in [6.07, 6.45) is 2.95. The maximum absolute atomic E-state index is 10.8. The summed E-state index contributed by atoms with van der Waals surface area (Å²) in [6.45, 7) is 5.09. The zero-order valence-electron chi connectivity index (χ0n) is 13.3. The van der Waals surface area contributed by atoms with E-state index in [0.29, 0.717) is 23.9 Å². The monoisotopic (exact) mass is 306 g/mol. The summed E-state index contributed by atoms with van der Waals surface area (Å²) in [4.78, 5) is 12.9. The van der Waals surface area contributed by atoms with Crippen LogP contribution in [-0.2, 0) is 11.2 Å². The van der Waals surface area contributed by atoms with Crippen LogP contribution in [0.15, 0.2) is 24.3 Å². The number of carboxylic acids is 1. The van der Waals surface area contributed by atoms with Crippen molar-refractivity contribution in [2.24, 2.45) is 0 Å². The smallest absolute Gasteiger partial charge is 0.317 e. The first-order valence-corrected chi connectivity index (χ1v) is 7.97. The predicted octanol–water partition coefficient (Wildman–Crippen LogP) is 1.85. The molecule has 0 heterocycles. The Morgan fingerprint density at radius 3 is 2.55 bits per heavy atom. The minimum atomic E-state index is -0.751. The van der Waals surface area contributed by atoms with E-state index in [2.05, 4.69) is 12.2 Å². The molecule has 1 aliphatic carbocycles. The molecule has 122 valence electrons. The number of carbonyl (C=O) groups is 1. The molecule has 1 aliphatic rings. The van der Waals surface area contributed by atoms with E-state index >= 15 is 0 Å². The Balaban J connectivity index is 1.72. The van der Waals surface area contributed by atoms with Gasteiger partial charge in [-0.15, -0.1) is 0 Å². The first-order valence-electron chi connectivity index (χ1n) is 7.97. The van der Waals surface area contributed by atoms with Crippen LogP contribution in [0, 0.1) is 0 Å². The van der Waals surface area contributed by atoms with Crippen LogP contribution < -0.4 is 5.32 Å². The molecule has 0 radical (unpaired) electrons. The third-order valence-electron chi connectivity index (χ3n) is 4.37. The first-order chi connectivity index (χ1) is 10.5. The molecule has 5 heteroatoms. The summed E-state index contributed by atoms with van der Waals surface area (Å²) in [6, 6.07) is 8.55. The third kappa shape index (κ3) is 4.71. The van der Waals surface area contributed by atoms with E-state index in [9.17, 15) is 9.90 Å². The maximum atomic E-state index is 10.8. The third-order valence-corrected chi connectivity index (χ3v) is 4.37. The van der Waals surface area contributed by atoms with Gasteiger partial charge >= 0.3 is 5.97 Å². The van der Waals surface area contributed by atoms with Crippen molar-refractivity contribution in [1.29, 1.82) is 0 Å². The molecule has 2 rings (SSSR count). The molecule has 1 saturated carbocycles. The number of hydrogen-bond donors (Lipinski definition) is 3. The van der Waals surface area contributed by atoms with E-state index in [4.69, 9.17) is 5.11 Å². The summed E-state index contributed by atoms with van der Waals surface area (Å²) in [5.41, 5.74) is 1.20. The molecule has 1 aromatic carbocycles. The normalized spacial score (nSPS) is 22.3. The molecule has 0 bridgehead atoms. The summed E-state index contributed by atoms with van der Waals surface area (Å²) in [5, 5.41) is 21.8. The fourth-order valence-electron chi connectivity index (χ4n) is 3.14. The number of nitrogens with zero attached hydrogens (tertiary/aromatic N) is 1. The van der Waals surface area contributed by atoms with Crippen LogP contribution in [0.25, 0.3) is 0 Å². The minimum Gasteiger partial charge on any atom is -0.508 e. The average molecular weight is 306 g/mol. The second kappa shape index (κ2) is 7.61. The van der Waals surface area contributed by atoms with Gasteiger partial charge in [0.2, 0.25) is 0 Å². The molecule has 0 spiro atoms. The van der Waals surface area contributed by atoms with E-state index in [0.717, 1.165) is 25.8 Å². The van der Waals surface area contributed by atoms with Crippen molar-refractivity contribution in [2.45, 2.75) is 51.2 Å². The van der Waals surface area contributed by atoms with Crippen LogP contribution >= 0.6 is 0 Å². The number of aliphatic carboxylic acids is 1. The molecular formula is C17H26N2O3. The van der Waals surface area contributed by atoms with Crippen molar-refractivity contribution in [2.75, 3.05) is 13.1 Å². The quantitative estimate of drug-likeness (QED) is 0.683. The van der Waals surface area contributed by atoms with Gasteiger partial charge in [0.05, 0.1) is 6.54 Å². The standard InChI is InChI=1S/C17H26N2O3/c1-3-19(11-17(21)22)15-9-14(10-15)18-12(2)8-13-4-6-16(20)7-5-13/h4-7,12,14-15,18,20H,3,8-11H2,1-2H3,(H,21,22). The number of carboxylic acid groups (broad SMARTS) is 1. The van der Waals surface area contributed by atoms with E-state index in [1.165, 1.54) is 5.56 Å². The van der Waals surface area contributed by atoms with Crippen molar-refractivity contribution in [3.05, 3.63) is 29.8 Å². The van der Waals surface area contributed by atoms with Gasteiger partial charge in [-0.3, -0.25) is 9.69 Å². The van der Waals surface area contributed by atoms with Crippen LogP contribution in [0.4, 0.5) is 0 Å². The topological polar surface area (TPSA) is 72.8 Å². The molecule has 5 nitrogen and oxygen atoms in total. The number of benzene rings is 1. The number of phenols is 1. The summed E-state index contributed by atoms with van der Waals surface area (Å²) in [5.74, 6) is -0.455. The lowest BCUT2D eigenvalue weighted by molar-refractivity contribution is -0.139. The first kappa shape index (κ1) is 16.8. The molecule has 1 unspecified atom stereocenters. The fourth-order valence-corrected chi connectivity index (χ4v) is 3.14. The summed E-state index contributed by atoms with van der Waals surface area (Å²) in [7, 11) is 0. The van der Waals surface area contributed by atoms with Crippen LogP contribution in [0.5, 0.6) is 5.75 Å². The maximum Gasteiger partial charge on any atom is 0.317 e. The number of likely N-dealkylation sites (N-methyl/N-ethyl adjacent to an activating group) is 1. The van der Waals surface area contributed by atoms with Gasteiger partial charge in [0, 0.05) is 18.1 Å². The van der Waals surface area contributed by atoms with Crippen LogP contribution in [0.2, 0.25) is 0 Å². The van der Waals surface area contributed by atoms with Crippen molar-refractivity contribution < 1.29 is 15.0 Å². The second-order valence-corrected chi connectivity index (χ2v) is 6.22. The second-order valence-electron chi connectivity index (χ2n) is 6.22.